The molecule has 2 heterocycles. The van der Waals surface area contributed by atoms with Gasteiger partial charge >= 0.3 is 6.03 Å². The molecule has 90 valence electrons. The third-order valence-corrected chi connectivity index (χ3v) is 2.79. The second-order valence-corrected chi connectivity index (χ2v) is 3.83. The van der Waals surface area contributed by atoms with E-state index in [2.05, 4.69) is 4.98 Å². The maximum atomic E-state index is 12.7. The fourth-order valence-electron chi connectivity index (χ4n) is 1.86. The van der Waals surface area contributed by atoms with E-state index in [-0.39, 0.29) is 11.7 Å². The summed E-state index contributed by atoms with van der Waals surface area (Å²) in [5.41, 5.74) is 0. The summed E-state index contributed by atoms with van der Waals surface area (Å²) in [7, 11) is 1.57. The zero-order valence-corrected chi connectivity index (χ0v) is 9.55. The lowest BCUT2D eigenvalue weighted by Crippen LogP contribution is -2.32. The molecular formula is C11H12FN3O2. The number of likely N-dealkylation sites (N-methyl/N-ethyl adjacent to an activating group) is 1. The summed E-state index contributed by atoms with van der Waals surface area (Å²) >= 11 is 0. The molecule has 2 rings (SSSR count). The number of rotatable bonds is 2. The molecule has 1 aliphatic heterocycles. The predicted molar refractivity (Wildman–Crippen MR) is 58.9 cm³/mol. The molecule has 5 nitrogen and oxygen atoms in total. The molecule has 0 aliphatic carbocycles. The summed E-state index contributed by atoms with van der Waals surface area (Å²) in [6.45, 7) is 1.83. The smallest absolute Gasteiger partial charge is 0.315 e. The Bertz CT molecular complexity index is 460. The van der Waals surface area contributed by atoms with Gasteiger partial charge in [0.15, 0.2) is 0 Å². The van der Waals surface area contributed by atoms with Gasteiger partial charge in [0.25, 0.3) is 5.91 Å². The lowest BCUT2D eigenvalue weighted by molar-refractivity contribution is -0.119. The highest BCUT2D eigenvalue weighted by Gasteiger charge is 2.43. The van der Waals surface area contributed by atoms with Crippen LogP contribution < -0.4 is 4.90 Å². The van der Waals surface area contributed by atoms with Crippen molar-refractivity contribution < 1.29 is 14.0 Å². The van der Waals surface area contributed by atoms with Crippen LogP contribution in [0.4, 0.5) is 15.0 Å². The first-order valence-electron chi connectivity index (χ1n) is 5.28. The quantitative estimate of drug-likeness (QED) is 0.730. The fraction of sp³-hybridized carbons (Fsp3) is 0.364. The van der Waals surface area contributed by atoms with Crippen molar-refractivity contribution >= 4 is 17.8 Å². The van der Waals surface area contributed by atoms with E-state index in [1.165, 1.54) is 17.0 Å². The third-order valence-electron chi connectivity index (χ3n) is 2.79. The molecule has 0 saturated carbocycles. The summed E-state index contributed by atoms with van der Waals surface area (Å²) in [6, 6.07) is 1.59. The Morgan fingerprint density at radius 1 is 1.41 bits per heavy atom. The first kappa shape index (κ1) is 11.5. The maximum absolute atomic E-state index is 12.7. The SMILES string of the molecule is CCC1C(=O)N(c2ccc(F)cn2)C(=O)N1C. The number of amides is 3. The monoisotopic (exact) mass is 237 g/mol. The molecule has 6 heteroatoms. The third kappa shape index (κ3) is 1.75. The highest BCUT2D eigenvalue weighted by Crippen LogP contribution is 2.23. The van der Waals surface area contributed by atoms with Gasteiger partial charge in [-0.25, -0.2) is 19.1 Å². The number of urea groups is 1. The van der Waals surface area contributed by atoms with Crippen LogP contribution in [0.3, 0.4) is 0 Å². The average Bonchev–Trinajstić information content (AvgIpc) is 2.52. The number of carbonyl (C=O) groups excluding carboxylic acids is 2. The molecule has 0 radical (unpaired) electrons. The predicted octanol–water partition coefficient (Wildman–Crippen LogP) is 1.40. The van der Waals surface area contributed by atoms with Gasteiger partial charge in [0.2, 0.25) is 0 Å². The van der Waals surface area contributed by atoms with Crippen molar-refractivity contribution in [2.45, 2.75) is 19.4 Å². The summed E-state index contributed by atoms with van der Waals surface area (Å²) in [6.07, 6.45) is 1.52. The Hall–Kier alpha value is -1.98. The number of nitrogens with zero attached hydrogens (tertiary/aromatic N) is 3. The molecule has 0 bridgehead atoms. The van der Waals surface area contributed by atoms with Crippen molar-refractivity contribution in [3.63, 3.8) is 0 Å². The van der Waals surface area contributed by atoms with Crippen LogP contribution in [0.2, 0.25) is 0 Å². The van der Waals surface area contributed by atoms with Crippen molar-refractivity contribution in [3.8, 4) is 0 Å². The summed E-state index contributed by atoms with van der Waals surface area (Å²) in [5.74, 6) is -0.670. The van der Waals surface area contributed by atoms with E-state index in [0.29, 0.717) is 6.42 Å². The first-order chi connectivity index (χ1) is 8.06. The number of pyridine rings is 1. The number of hydrogen-bond acceptors (Lipinski definition) is 3. The minimum atomic E-state index is -0.506. The second-order valence-electron chi connectivity index (χ2n) is 3.83. The van der Waals surface area contributed by atoms with Crippen LogP contribution in [0.5, 0.6) is 0 Å². The van der Waals surface area contributed by atoms with Gasteiger partial charge in [0.1, 0.15) is 17.7 Å². The van der Waals surface area contributed by atoms with Gasteiger partial charge in [0.05, 0.1) is 6.20 Å². The van der Waals surface area contributed by atoms with E-state index >= 15 is 0 Å². The largest absolute Gasteiger partial charge is 0.333 e. The van der Waals surface area contributed by atoms with Crippen molar-refractivity contribution in [2.75, 3.05) is 11.9 Å². The zero-order chi connectivity index (χ0) is 12.6. The van der Waals surface area contributed by atoms with Crippen LogP contribution >= 0.6 is 0 Å². The van der Waals surface area contributed by atoms with Crippen LogP contribution in [0.1, 0.15) is 13.3 Å². The molecule has 0 N–H and O–H groups in total. The molecule has 3 amide bonds. The number of hydrogen-bond donors (Lipinski definition) is 0. The summed E-state index contributed by atoms with van der Waals surface area (Å²) in [5, 5.41) is 0. The van der Waals surface area contributed by atoms with E-state index in [0.717, 1.165) is 11.1 Å². The van der Waals surface area contributed by atoms with Gasteiger partial charge in [0, 0.05) is 7.05 Å². The molecule has 1 atom stereocenters. The van der Waals surface area contributed by atoms with Gasteiger partial charge in [-0.2, -0.15) is 0 Å². The maximum Gasteiger partial charge on any atom is 0.333 e. The van der Waals surface area contributed by atoms with Crippen LogP contribution in [0.15, 0.2) is 18.3 Å². The zero-order valence-electron chi connectivity index (χ0n) is 9.55. The lowest BCUT2D eigenvalue weighted by atomic mass is 10.2. The molecule has 0 spiro atoms. The van der Waals surface area contributed by atoms with Gasteiger partial charge < -0.3 is 4.90 Å². The highest BCUT2D eigenvalue weighted by molar-refractivity contribution is 6.20. The number of carbonyl (C=O) groups is 2. The minimum Gasteiger partial charge on any atom is -0.315 e. The van der Waals surface area contributed by atoms with E-state index < -0.39 is 17.9 Å². The first-order valence-corrected chi connectivity index (χ1v) is 5.28. The molecule has 17 heavy (non-hydrogen) atoms. The van der Waals surface area contributed by atoms with Crippen LogP contribution in [-0.4, -0.2) is 34.9 Å². The van der Waals surface area contributed by atoms with Crippen molar-refractivity contribution in [1.29, 1.82) is 0 Å². The van der Waals surface area contributed by atoms with Crippen LogP contribution in [-0.2, 0) is 4.79 Å². The summed E-state index contributed by atoms with van der Waals surface area (Å²) in [4.78, 5) is 29.9. The minimum absolute atomic E-state index is 0.157. The van der Waals surface area contributed by atoms with E-state index in [9.17, 15) is 14.0 Å². The van der Waals surface area contributed by atoms with Gasteiger partial charge in [-0.3, -0.25) is 4.79 Å². The molecule has 0 aromatic carbocycles. The van der Waals surface area contributed by atoms with E-state index in [1.807, 2.05) is 6.92 Å². The standard InChI is InChI=1S/C11H12FN3O2/c1-3-8-10(16)15(11(17)14(8)2)9-5-4-7(12)6-13-9/h4-6,8H,3H2,1-2H3. The normalized spacial score (nSPS) is 20.3. The molecule has 1 aromatic rings. The summed E-state index contributed by atoms with van der Waals surface area (Å²) < 4.78 is 12.7. The number of aromatic nitrogens is 1. The number of halogens is 1. The van der Waals surface area contributed by atoms with Gasteiger partial charge in [-0.1, -0.05) is 6.92 Å². The Balaban J connectivity index is 2.36. The Morgan fingerprint density at radius 3 is 2.59 bits per heavy atom. The topological polar surface area (TPSA) is 53.5 Å². The average molecular weight is 237 g/mol. The fourth-order valence-corrected chi connectivity index (χ4v) is 1.86. The molecule has 1 aliphatic rings. The van der Waals surface area contributed by atoms with Crippen LogP contribution in [0, 0.1) is 5.82 Å². The molecule has 1 saturated heterocycles. The Labute approximate surface area is 97.8 Å². The van der Waals surface area contributed by atoms with E-state index in [1.54, 1.807) is 7.05 Å². The highest BCUT2D eigenvalue weighted by atomic mass is 19.1. The molecule has 1 fully saturated rings. The number of imide groups is 1. The second kappa shape index (κ2) is 4.12. The van der Waals surface area contributed by atoms with Crippen LogP contribution in [0.25, 0.3) is 0 Å². The van der Waals surface area contributed by atoms with E-state index in [4.69, 9.17) is 0 Å². The van der Waals surface area contributed by atoms with Crippen molar-refractivity contribution in [1.82, 2.24) is 9.88 Å². The van der Waals surface area contributed by atoms with Crippen molar-refractivity contribution in [2.24, 2.45) is 0 Å². The van der Waals surface area contributed by atoms with Gasteiger partial charge in [-0.05, 0) is 18.6 Å². The Morgan fingerprint density at radius 2 is 2.12 bits per heavy atom. The van der Waals surface area contributed by atoms with Crippen molar-refractivity contribution in [3.05, 3.63) is 24.1 Å². The van der Waals surface area contributed by atoms with Gasteiger partial charge in [-0.15, -0.1) is 0 Å². The molecule has 1 aromatic heterocycles. The molecular weight excluding hydrogens is 225 g/mol. The number of anilines is 1. The lowest BCUT2D eigenvalue weighted by Gasteiger charge is -2.13. The molecule has 1 unspecified atom stereocenters. The Kier molecular flexibility index (Phi) is 2.79.